The number of nitrogen functional groups attached to an aromatic ring is 1. The summed E-state index contributed by atoms with van der Waals surface area (Å²) in [6.45, 7) is 0.267. The summed E-state index contributed by atoms with van der Waals surface area (Å²) < 4.78 is 0. The summed E-state index contributed by atoms with van der Waals surface area (Å²) in [6.07, 6.45) is 5.20. The zero-order valence-electron chi connectivity index (χ0n) is 11.2. The number of rotatable bonds is 6. The molecule has 0 heterocycles. The molecule has 1 amide bonds. The lowest BCUT2D eigenvalue weighted by Gasteiger charge is -2.18. The van der Waals surface area contributed by atoms with Crippen LogP contribution in [0.1, 0.15) is 18.4 Å². The van der Waals surface area contributed by atoms with Gasteiger partial charge in [-0.05, 0) is 42.5 Å². The van der Waals surface area contributed by atoms with E-state index in [1.54, 1.807) is 24.3 Å². The molecule has 0 radical (unpaired) electrons. The number of amides is 1. The van der Waals surface area contributed by atoms with Crippen LogP contribution in [-0.4, -0.2) is 35.0 Å². The van der Waals surface area contributed by atoms with Crippen molar-refractivity contribution in [2.45, 2.75) is 12.8 Å². The summed E-state index contributed by atoms with van der Waals surface area (Å²) >= 11 is 0. The maximum Gasteiger partial charge on any atom is 0.323 e. The van der Waals surface area contributed by atoms with E-state index in [4.69, 9.17) is 10.8 Å². The maximum absolute atomic E-state index is 12.0. The average molecular weight is 274 g/mol. The molecule has 0 spiro atoms. The summed E-state index contributed by atoms with van der Waals surface area (Å²) in [4.78, 5) is 24.2. The van der Waals surface area contributed by atoms with Gasteiger partial charge in [0.25, 0.3) is 0 Å². The normalized spacial score (nSPS) is 14.4. The van der Waals surface area contributed by atoms with Gasteiger partial charge in [-0.1, -0.05) is 12.1 Å². The van der Waals surface area contributed by atoms with Gasteiger partial charge >= 0.3 is 5.97 Å². The van der Waals surface area contributed by atoms with Gasteiger partial charge in [0.1, 0.15) is 6.54 Å². The lowest BCUT2D eigenvalue weighted by atomic mass is 10.2. The molecule has 2 rings (SSSR count). The lowest BCUT2D eigenvalue weighted by Crippen LogP contribution is -2.36. The van der Waals surface area contributed by atoms with Crippen LogP contribution in [0.25, 0.3) is 6.08 Å². The quantitative estimate of drug-likeness (QED) is 0.609. The minimum Gasteiger partial charge on any atom is -0.480 e. The van der Waals surface area contributed by atoms with Crippen molar-refractivity contribution in [1.82, 2.24) is 4.90 Å². The van der Waals surface area contributed by atoms with Gasteiger partial charge in [0.2, 0.25) is 5.91 Å². The van der Waals surface area contributed by atoms with Gasteiger partial charge in [0.05, 0.1) is 0 Å². The molecule has 5 nitrogen and oxygen atoms in total. The fraction of sp³-hybridized carbons (Fsp3) is 0.333. The van der Waals surface area contributed by atoms with Crippen LogP contribution in [0.4, 0.5) is 5.69 Å². The zero-order valence-corrected chi connectivity index (χ0v) is 11.2. The van der Waals surface area contributed by atoms with Gasteiger partial charge in [-0.3, -0.25) is 9.59 Å². The molecule has 0 saturated heterocycles. The second-order valence-electron chi connectivity index (χ2n) is 5.06. The Balaban J connectivity index is 2.00. The highest BCUT2D eigenvalue weighted by molar-refractivity contribution is 5.93. The summed E-state index contributed by atoms with van der Waals surface area (Å²) in [7, 11) is 0. The van der Waals surface area contributed by atoms with Crippen molar-refractivity contribution in [3.8, 4) is 0 Å². The number of hydrogen-bond donors (Lipinski definition) is 2. The van der Waals surface area contributed by atoms with E-state index in [9.17, 15) is 9.59 Å². The number of benzene rings is 1. The Morgan fingerprint density at radius 1 is 1.40 bits per heavy atom. The minimum absolute atomic E-state index is 0.253. The Bertz CT molecular complexity index is 536. The van der Waals surface area contributed by atoms with Crippen molar-refractivity contribution in [2.24, 2.45) is 5.92 Å². The Labute approximate surface area is 117 Å². The number of carboxylic acids is 1. The number of hydrogen-bond acceptors (Lipinski definition) is 3. The highest BCUT2D eigenvalue weighted by Gasteiger charge is 2.26. The number of carbonyl (C=O) groups is 2. The van der Waals surface area contributed by atoms with Gasteiger partial charge < -0.3 is 15.7 Å². The molecule has 1 fully saturated rings. The molecule has 0 aromatic heterocycles. The van der Waals surface area contributed by atoms with Crippen LogP contribution in [-0.2, 0) is 9.59 Å². The van der Waals surface area contributed by atoms with Crippen molar-refractivity contribution in [3.63, 3.8) is 0 Å². The van der Waals surface area contributed by atoms with Crippen molar-refractivity contribution in [2.75, 3.05) is 18.8 Å². The van der Waals surface area contributed by atoms with Crippen LogP contribution in [0, 0.1) is 5.92 Å². The van der Waals surface area contributed by atoms with E-state index in [1.807, 2.05) is 6.07 Å². The van der Waals surface area contributed by atoms with Gasteiger partial charge in [-0.2, -0.15) is 0 Å². The first kappa shape index (κ1) is 14.1. The number of nitrogens with two attached hydrogens (primary N) is 1. The van der Waals surface area contributed by atoms with E-state index in [0.717, 1.165) is 18.4 Å². The SMILES string of the molecule is Nc1cccc(/C=C/C(=O)N(CC(=O)O)CC2CC2)c1. The van der Waals surface area contributed by atoms with Crippen LogP contribution in [0.15, 0.2) is 30.3 Å². The third kappa shape index (κ3) is 4.42. The molecular formula is C15H18N2O3. The fourth-order valence-corrected chi connectivity index (χ4v) is 1.94. The van der Waals surface area contributed by atoms with E-state index in [-0.39, 0.29) is 12.5 Å². The monoisotopic (exact) mass is 274 g/mol. The molecule has 1 saturated carbocycles. The van der Waals surface area contributed by atoms with Crippen LogP contribution < -0.4 is 5.73 Å². The largest absolute Gasteiger partial charge is 0.480 e. The molecule has 1 aromatic rings. The second kappa shape index (κ2) is 6.23. The highest BCUT2D eigenvalue weighted by Crippen LogP contribution is 2.29. The van der Waals surface area contributed by atoms with Crippen molar-refractivity contribution >= 4 is 23.6 Å². The van der Waals surface area contributed by atoms with Gasteiger partial charge in [0, 0.05) is 18.3 Å². The summed E-state index contributed by atoms with van der Waals surface area (Å²) in [5, 5.41) is 8.85. The second-order valence-corrected chi connectivity index (χ2v) is 5.06. The standard InChI is InChI=1S/C15H18N2O3/c16-13-3-1-2-11(8-13)6-7-14(18)17(10-15(19)20)9-12-4-5-12/h1-3,6-8,12H,4-5,9-10,16H2,(H,19,20)/b7-6+. The third-order valence-corrected chi connectivity index (χ3v) is 3.14. The molecule has 3 N–H and O–H groups in total. The van der Waals surface area contributed by atoms with Crippen LogP contribution >= 0.6 is 0 Å². The molecular weight excluding hydrogens is 256 g/mol. The summed E-state index contributed by atoms with van der Waals surface area (Å²) in [5.41, 5.74) is 7.10. The van der Waals surface area contributed by atoms with Crippen LogP contribution in [0.2, 0.25) is 0 Å². The molecule has 5 heteroatoms. The number of carboxylic acid groups (broad SMARTS) is 1. The predicted octanol–water partition coefficient (Wildman–Crippen LogP) is 1.61. The fourth-order valence-electron chi connectivity index (χ4n) is 1.94. The molecule has 1 aliphatic rings. The maximum atomic E-state index is 12.0. The Kier molecular flexibility index (Phi) is 4.40. The van der Waals surface area contributed by atoms with E-state index < -0.39 is 5.97 Å². The molecule has 0 atom stereocenters. The van der Waals surface area contributed by atoms with E-state index >= 15 is 0 Å². The van der Waals surface area contributed by atoms with Gasteiger partial charge in [-0.15, -0.1) is 0 Å². The molecule has 0 aliphatic heterocycles. The summed E-state index contributed by atoms with van der Waals surface area (Å²) in [6, 6.07) is 7.16. The highest BCUT2D eigenvalue weighted by atomic mass is 16.4. The molecule has 1 aromatic carbocycles. The Hall–Kier alpha value is -2.30. The van der Waals surface area contributed by atoms with E-state index in [1.165, 1.54) is 11.0 Å². The molecule has 20 heavy (non-hydrogen) atoms. The van der Waals surface area contributed by atoms with E-state index in [0.29, 0.717) is 18.2 Å². The molecule has 1 aliphatic carbocycles. The minimum atomic E-state index is -0.989. The topological polar surface area (TPSA) is 83.6 Å². The van der Waals surface area contributed by atoms with Crippen molar-refractivity contribution in [1.29, 1.82) is 0 Å². The average Bonchev–Trinajstić information content (AvgIpc) is 3.19. The Morgan fingerprint density at radius 3 is 2.75 bits per heavy atom. The zero-order chi connectivity index (χ0) is 14.5. The van der Waals surface area contributed by atoms with Crippen molar-refractivity contribution in [3.05, 3.63) is 35.9 Å². The summed E-state index contributed by atoms with van der Waals surface area (Å²) in [5.74, 6) is -0.808. The van der Waals surface area contributed by atoms with Crippen molar-refractivity contribution < 1.29 is 14.7 Å². The molecule has 106 valence electrons. The predicted molar refractivity (Wildman–Crippen MR) is 76.8 cm³/mol. The first-order valence-corrected chi connectivity index (χ1v) is 6.59. The number of anilines is 1. The van der Waals surface area contributed by atoms with Gasteiger partial charge in [-0.25, -0.2) is 0 Å². The molecule has 0 unspecified atom stereocenters. The van der Waals surface area contributed by atoms with Crippen LogP contribution in [0.5, 0.6) is 0 Å². The number of nitrogens with zero attached hydrogens (tertiary/aromatic N) is 1. The van der Waals surface area contributed by atoms with Gasteiger partial charge in [0.15, 0.2) is 0 Å². The number of aliphatic carboxylic acids is 1. The van der Waals surface area contributed by atoms with E-state index in [2.05, 4.69) is 0 Å². The Morgan fingerprint density at radius 2 is 2.15 bits per heavy atom. The molecule has 0 bridgehead atoms. The first-order chi connectivity index (χ1) is 9.54. The van der Waals surface area contributed by atoms with Crippen LogP contribution in [0.3, 0.4) is 0 Å². The first-order valence-electron chi connectivity index (χ1n) is 6.59. The lowest BCUT2D eigenvalue weighted by molar-refractivity contribution is -0.142. The third-order valence-electron chi connectivity index (χ3n) is 3.14. The smallest absolute Gasteiger partial charge is 0.323 e. The number of carbonyl (C=O) groups excluding carboxylic acids is 1.